The van der Waals surface area contributed by atoms with Gasteiger partial charge in [-0.2, -0.15) is 11.3 Å². The SMILES string of the molecule is CC(=O)C=C(C)O.Cc1cc(-c2ccccn2)[c-]cc1-c1ccccc1.Cc1ccccc1-c1ccnc(-c2[c-]cccc2)c1.[Ir].[Ir].[Ir].[Ir].[c-]1ccc(-n2c3ccccc3c3ccccc32)cc1-c1ccccn1.[c-]1ccccc1-c1ccccn1.[c-]1ccccc1-c1ccccn1.[c-]1ccccc1-c1nc2ccccc2s1. The van der Waals surface area contributed by atoms with E-state index >= 15 is 0 Å². The van der Waals surface area contributed by atoms with Crippen molar-refractivity contribution < 1.29 is 90.3 Å². The minimum absolute atomic E-state index is 0. The molecule has 18 rings (SSSR count). The molecule has 7 heterocycles. The smallest absolute Gasteiger partial charge is 0.155 e. The van der Waals surface area contributed by atoms with Gasteiger partial charge in [0.1, 0.15) is 0 Å². The molecule has 0 aliphatic carbocycles. The van der Waals surface area contributed by atoms with Crippen molar-refractivity contribution in [3.05, 3.63) is 430 Å². The van der Waals surface area contributed by atoms with Crippen molar-refractivity contribution >= 4 is 49.1 Å². The quantitative estimate of drug-likeness (QED) is 0.0817. The number of carbonyl (C=O) groups excluding carboxylic acids is 1. The number of para-hydroxylation sites is 3. The Morgan fingerprint density at radius 1 is 0.363 bits per heavy atom. The van der Waals surface area contributed by atoms with Crippen LogP contribution in [0.25, 0.3) is 127 Å². The van der Waals surface area contributed by atoms with Gasteiger partial charge < -0.3 is 34.6 Å². The summed E-state index contributed by atoms with van der Waals surface area (Å²) in [7, 11) is 0. The Balaban J connectivity index is 0.000000169. The molecule has 0 fully saturated rings. The van der Waals surface area contributed by atoms with Crippen LogP contribution >= 0.6 is 11.3 Å². The Hall–Kier alpha value is -11.3. The number of carbonyl (C=O) groups is 1. The molecule has 0 spiro atoms. The number of aliphatic hydroxyl groups excluding tert-OH is 1. The summed E-state index contributed by atoms with van der Waals surface area (Å²) < 4.78 is 3.54. The number of allylic oxidation sites excluding steroid dienone is 2. The summed E-state index contributed by atoms with van der Waals surface area (Å²) in [6.07, 6.45) is 10.2. The standard InChI is InChI=1S/C23H15N2.2C18H14N.C13H8NS.2C11H8N.C5H8O2.4Ir/c1-3-13-22-19(10-1)20-11-2-4-14-23(20)25(22)18-9-7-8-17(16-18)21-12-5-6-15-24-21;1-14-7-5-6-10-17(14)16-11-12-19-18(13-16)15-8-3-2-4-9-15;1-14-13-16(18-9-5-6-12-19-18)10-11-17(14)15-7-3-2-4-8-15;1-2-6-10(7-3-1)13-14-11-8-4-5-9-12(11)15-13;2*1-2-6-10(7-3-1)11-8-4-5-9-12-11;1-4(6)3-5(2)7;;;;/h1-7,9-16H;2-8,10-13H,1H3;2-9,11-13H,1H3;1-6,8-9H;2*1-6,8-9H;3,6H,1-2H3;;;;/q6*-1;;;;;. The molecule has 4 radical (unpaired) electrons. The first-order valence-corrected chi connectivity index (χ1v) is 36.3. The average Bonchev–Trinajstić information content (AvgIpc) is 1.60. The molecule has 7 aromatic heterocycles. The maximum atomic E-state index is 10.0. The molecule has 0 atom stereocenters. The molecule has 0 saturated carbocycles. The molecule has 0 bridgehead atoms. The molecule has 11 aromatic carbocycles. The summed E-state index contributed by atoms with van der Waals surface area (Å²) in [6.45, 7) is 7.10. The van der Waals surface area contributed by atoms with Crippen LogP contribution in [0.4, 0.5) is 0 Å². The molecule has 9 nitrogen and oxygen atoms in total. The summed E-state index contributed by atoms with van der Waals surface area (Å²) in [6, 6.07) is 133. The number of aromatic nitrogens is 7. The van der Waals surface area contributed by atoms with Crippen molar-refractivity contribution in [3.63, 3.8) is 0 Å². The molecule has 0 aliphatic heterocycles. The van der Waals surface area contributed by atoms with Gasteiger partial charge in [0.05, 0.1) is 22.3 Å². The Morgan fingerprint density at radius 2 is 0.796 bits per heavy atom. The Labute approximate surface area is 719 Å². The summed E-state index contributed by atoms with van der Waals surface area (Å²) in [5.74, 6) is -0.0625. The van der Waals surface area contributed by atoms with Gasteiger partial charge in [-0.15, -0.1) is 203 Å². The predicted molar refractivity (Wildman–Crippen MR) is 448 cm³/mol. The van der Waals surface area contributed by atoms with Gasteiger partial charge in [0.25, 0.3) is 0 Å². The number of hydrogen-bond acceptors (Lipinski definition) is 9. The third-order valence-corrected chi connectivity index (χ3v) is 18.0. The fourth-order valence-corrected chi connectivity index (χ4v) is 12.8. The van der Waals surface area contributed by atoms with Crippen LogP contribution in [-0.2, 0) is 85.2 Å². The van der Waals surface area contributed by atoms with Crippen LogP contribution in [0.15, 0.2) is 383 Å². The predicted octanol–water partition coefficient (Wildman–Crippen LogP) is 24.6. The Morgan fingerprint density at radius 3 is 1.27 bits per heavy atom. The van der Waals surface area contributed by atoms with E-state index in [1.54, 1.807) is 23.7 Å². The molecule has 18 aromatic rings. The van der Waals surface area contributed by atoms with E-state index in [2.05, 4.69) is 224 Å². The topological polar surface area (TPSA) is 120 Å². The largest absolute Gasteiger partial charge is 0.512 e. The van der Waals surface area contributed by atoms with Gasteiger partial charge in [0.2, 0.25) is 0 Å². The first-order chi connectivity index (χ1) is 53.6. The third-order valence-electron chi connectivity index (χ3n) is 16.9. The zero-order valence-electron chi connectivity index (χ0n) is 62.0. The van der Waals surface area contributed by atoms with Gasteiger partial charge in [-0.25, -0.2) is 0 Å². The van der Waals surface area contributed by atoms with Gasteiger partial charge >= 0.3 is 0 Å². The second-order valence-electron chi connectivity index (χ2n) is 24.7. The second kappa shape index (κ2) is 45.9. The maximum absolute atomic E-state index is 10.0. The van der Waals surface area contributed by atoms with E-state index in [0.29, 0.717) is 0 Å². The normalized spacial score (nSPS) is 10.1. The van der Waals surface area contributed by atoms with Gasteiger partial charge in [0.15, 0.2) is 5.78 Å². The number of ketones is 1. The molecular weight excluding hydrogens is 2120 g/mol. The van der Waals surface area contributed by atoms with E-state index in [9.17, 15) is 4.79 Å². The molecule has 0 amide bonds. The molecule has 0 unspecified atom stereocenters. The second-order valence-corrected chi connectivity index (χ2v) is 25.8. The van der Waals surface area contributed by atoms with Crippen LogP contribution in [0, 0.1) is 50.2 Å². The molecule has 0 saturated heterocycles. The average molecular weight is 2200 g/mol. The third kappa shape index (κ3) is 25.1. The van der Waals surface area contributed by atoms with Gasteiger partial charge in [-0.1, -0.05) is 176 Å². The number of pyridine rings is 5. The fourth-order valence-electron chi connectivity index (χ4n) is 11.8. The van der Waals surface area contributed by atoms with Crippen LogP contribution in [0.2, 0.25) is 0 Å². The minimum atomic E-state index is -0.125. The van der Waals surface area contributed by atoms with E-state index in [1.807, 2.05) is 219 Å². The molecule has 0 aliphatic rings. The van der Waals surface area contributed by atoms with Crippen molar-refractivity contribution in [2.45, 2.75) is 27.7 Å². The first-order valence-electron chi connectivity index (χ1n) is 35.5. The first kappa shape index (κ1) is 87.2. The summed E-state index contributed by atoms with van der Waals surface area (Å²) in [5, 5.41) is 11.9. The van der Waals surface area contributed by atoms with E-state index in [0.717, 1.165) is 78.1 Å². The van der Waals surface area contributed by atoms with Gasteiger partial charge in [-0.05, 0) is 126 Å². The fraction of sp³-hybridized carbons (Fsp3) is 0.0404. The maximum Gasteiger partial charge on any atom is 0.155 e. The van der Waals surface area contributed by atoms with Crippen molar-refractivity contribution in [1.29, 1.82) is 0 Å². The van der Waals surface area contributed by atoms with Crippen LogP contribution in [0.5, 0.6) is 0 Å². The Bertz CT molecular complexity index is 5640. The van der Waals surface area contributed by atoms with Crippen LogP contribution < -0.4 is 0 Å². The zero-order valence-corrected chi connectivity index (χ0v) is 72.4. The number of rotatable bonds is 10. The van der Waals surface area contributed by atoms with Crippen molar-refractivity contribution in [2.24, 2.45) is 0 Å². The molecule has 113 heavy (non-hydrogen) atoms. The van der Waals surface area contributed by atoms with Crippen LogP contribution in [0.3, 0.4) is 0 Å². The van der Waals surface area contributed by atoms with Crippen LogP contribution in [-0.4, -0.2) is 45.4 Å². The number of aliphatic hydroxyl groups is 1. The summed E-state index contributed by atoms with van der Waals surface area (Å²) >= 11 is 1.71. The summed E-state index contributed by atoms with van der Waals surface area (Å²) in [5.41, 5.74) is 23.0. The summed E-state index contributed by atoms with van der Waals surface area (Å²) in [4.78, 5) is 36.3. The number of aryl methyl sites for hydroxylation is 2. The number of hydrogen-bond donors (Lipinski definition) is 1. The number of thiazole rings is 1. The van der Waals surface area contributed by atoms with Crippen molar-refractivity contribution in [3.8, 4) is 94.8 Å². The monoisotopic (exact) mass is 2200 g/mol. The molecular formula is C99H75Ir4N7O2S-6. The van der Waals surface area contributed by atoms with E-state index in [-0.39, 0.29) is 92.0 Å². The molecule has 566 valence electrons. The minimum Gasteiger partial charge on any atom is -0.512 e. The number of nitrogens with zero attached hydrogens (tertiary/aromatic N) is 7. The number of fused-ring (bicyclic) bond motifs is 4. The van der Waals surface area contributed by atoms with E-state index in [1.165, 1.54) is 79.8 Å². The van der Waals surface area contributed by atoms with Crippen molar-refractivity contribution in [2.75, 3.05) is 0 Å². The van der Waals surface area contributed by atoms with E-state index in [4.69, 9.17) is 5.11 Å². The van der Waals surface area contributed by atoms with Crippen LogP contribution in [0.1, 0.15) is 25.0 Å². The van der Waals surface area contributed by atoms with Crippen molar-refractivity contribution in [1.82, 2.24) is 34.5 Å². The molecule has 1 N–H and O–H groups in total. The Kier molecular flexibility index (Phi) is 35.4. The van der Waals surface area contributed by atoms with Gasteiger partial charge in [-0.3, -0.25) is 9.78 Å². The zero-order chi connectivity index (χ0) is 75.2. The van der Waals surface area contributed by atoms with E-state index < -0.39 is 0 Å². The molecule has 14 heteroatoms. The van der Waals surface area contributed by atoms with Gasteiger partial charge in [0, 0.05) is 138 Å². The number of benzene rings is 11.